The van der Waals surface area contributed by atoms with Crippen molar-refractivity contribution in [1.29, 1.82) is 0 Å². The monoisotopic (exact) mass is 287 g/mol. The second-order valence-corrected chi connectivity index (χ2v) is 5.15. The fourth-order valence-corrected chi connectivity index (χ4v) is 2.47. The van der Waals surface area contributed by atoms with Gasteiger partial charge < -0.3 is 4.90 Å². The van der Waals surface area contributed by atoms with E-state index in [0.717, 1.165) is 19.5 Å². The van der Waals surface area contributed by atoms with Gasteiger partial charge in [-0.15, -0.1) is 0 Å². The highest BCUT2D eigenvalue weighted by molar-refractivity contribution is 7.80. The van der Waals surface area contributed by atoms with E-state index in [9.17, 15) is 13.2 Å². The Bertz CT molecular complexity index is 478. The van der Waals surface area contributed by atoms with Crippen molar-refractivity contribution < 1.29 is 13.2 Å². The lowest BCUT2D eigenvalue weighted by molar-refractivity contribution is -0.138. The van der Waals surface area contributed by atoms with Crippen LogP contribution in [-0.2, 0) is 12.6 Å². The molecule has 2 rings (SSSR count). The molecule has 0 aliphatic carbocycles. The summed E-state index contributed by atoms with van der Waals surface area (Å²) in [4.78, 5) is 2.46. The molecule has 104 valence electrons. The molecule has 0 aromatic heterocycles. The van der Waals surface area contributed by atoms with E-state index in [1.54, 1.807) is 12.1 Å². The first-order chi connectivity index (χ1) is 8.93. The van der Waals surface area contributed by atoms with Gasteiger partial charge in [0.1, 0.15) is 4.99 Å². The molecule has 0 amide bonds. The summed E-state index contributed by atoms with van der Waals surface area (Å²) in [5.41, 5.74) is 0.307. The minimum Gasteiger partial charge on any atom is -0.362 e. The molecule has 1 aromatic rings. The van der Waals surface area contributed by atoms with Crippen molar-refractivity contribution in [2.45, 2.75) is 32.4 Å². The molecule has 5 heteroatoms. The largest absolute Gasteiger partial charge is 0.416 e. The highest BCUT2D eigenvalue weighted by atomic mass is 32.1. The van der Waals surface area contributed by atoms with Gasteiger partial charge in [0.2, 0.25) is 0 Å². The number of aryl methyl sites for hydroxylation is 1. The van der Waals surface area contributed by atoms with Crippen LogP contribution in [0.2, 0.25) is 0 Å². The Morgan fingerprint density at radius 3 is 2.47 bits per heavy atom. The summed E-state index contributed by atoms with van der Waals surface area (Å²) in [6, 6.07) is 4.47. The lowest BCUT2D eigenvalue weighted by Gasteiger charge is -2.33. The van der Waals surface area contributed by atoms with Crippen LogP contribution in [0, 0.1) is 0 Å². The van der Waals surface area contributed by atoms with Crippen LogP contribution >= 0.6 is 12.2 Å². The van der Waals surface area contributed by atoms with E-state index in [-0.39, 0.29) is 0 Å². The second kappa shape index (κ2) is 5.49. The van der Waals surface area contributed by atoms with Crippen LogP contribution in [-0.4, -0.2) is 23.0 Å². The molecule has 1 aliphatic rings. The molecule has 0 N–H and O–H groups in total. The van der Waals surface area contributed by atoms with Crippen LogP contribution in [0.25, 0.3) is 0 Å². The maximum atomic E-state index is 13.1. The zero-order valence-corrected chi connectivity index (χ0v) is 11.6. The predicted molar refractivity (Wildman–Crippen MR) is 73.3 cm³/mol. The summed E-state index contributed by atoms with van der Waals surface area (Å²) in [7, 11) is 0. The topological polar surface area (TPSA) is 3.24 Å². The van der Waals surface area contributed by atoms with Gasteiger partial charge in [0.25, 0.3) is 0 Å². The fraction of sp³-hybridized carbons (Fsp3) is 0.500. The van der Waals surface area contributed by atoms with Crippen LogP contribution in [0.3, 0.4) is 0 Å². The van der Waals surface area contributed by atoms with Crippen LogP contribution in [0.5, 0.6) is 0 Å². The Labute approximate surface area is 116 Å². The number of halogens is 3. The third-order valence-corrected chi connectivity index (χ3v) is 3.82. The van der Waals surface area contributed by atoms with Gasteiger partial charge in [-0.2, -0.15) is 13.2 Å². The quantitative estimate of drug-likeness (QED) is 0.772. The van der Waals surface area contributed by atoms with Gasteiger partial charge in [-0.25, -0.2) is 0 Å². The molecule has 0 atom stereocenters. The third-order valence-electron chi connectivity index (χ3n) is 3.32. The van der Waals surface area contributed by atoms with Gasteiger partial charge >= 0.3 is 6.18 Å². The van der Waals surface area contributed by atoms with Crippen LogP contribution in [0.15, 0.2) is 18.2 Å². The van der Waals surface area contributed by atoms with E-state index in [4.69, 9.17) is 12.2 Å². The number of rotatable bonds is 3. The summed E-state index contributed by atoms with van der Waals surface area (Å²) in [5, 5.41) is 0. The zero-order chi connectivity index (χ0) is 14.0. The number of hydrogen-bond donors (Lipinski definition) is 0. The summed E-state index contributed by atoms with van der Waals surface area (Å²) >= 11 is 5.24. The van der Waals surface area contributed by atoms with Crippen LogP contribution in [0.4, 0.5) is 13.2 Å². The van der Waals surface area contributed by atoms with Gasteiger partial charge in [0, 0.05) is 18.7 Å². The Morgan fingerprint density at radius 2 is 2.00 bits per heavy atom. The highest BCUT2D eigenvalue weighted by Gasteiger charge is 2.34. The van der Waals surface area contributed by atoms with Crippen LogP contribution in [0.1, 0.15) is 36.5 Å². The summed E-state index contributed by atoms with van der Waals surface area (Å²) in [5.74, 6) is 0. The molecular weight excluding hydrogens is 271 g/mol. The van der Waals surface area contributed by atoms with Crippen molar-refractivity contribution in [3.8, 4) is 0 Å². The molecule has 0 radical (unpaired) electrons. The molecule has 0 bridgehead atoms. The smallest absolute Gasteiger partial charge is 0.362 e. The Kier molecular flexibility index (Phi) is 4.13. The third kappa shape index (κ3) is 3.08. The molecule has 1 aliphatic heterocycles. The summed E-state index contributed by atoms with van der Waals surface area (Å²) in [6.07, 6.45) is -2.13. The Morgan fingerprint density at radius 1 is 1.32 bits per heavy atom. The highest BCUT2D eigenvalue weighted by Crippen LogP contribution is 2.33. The first-order valence-electron chi connectivity index (χ1n) is 6.43. The first-order valence-corrected chi connectivity index (χ1v) is 6.83. The van der Waals surface area contributed by atoms with Crippen molar-refractivity contribution in [1.82, 2.24) is 4.90 Å². The zero-order valence-electron chi connectivity index (χ0n) is 10.8. The average Bonchev–Trinajstić information content (AvgIpc) is 2.26. The fourth-order valence-electron chi connectivity index (χ4n) is 2.16. The van der Waals surface area contributed by atoms with Crippen molar-refractivity contribution >= 4 is 17.2 Å². The maximum absolute atomic E-state index is 13.1. The first kappa shape index (κ1) is 14.3. The normalized spacial score (nSPS) is 15.3. The number of thiocarbonyl (C=S) groups is 1. The Hall–Kier alpha value is -1.10. The number of alkyl halides is 3. The van der Waals surface area contributed by atoms with E-state index in [0.29, 0.717) is 29.0 Å². The van der Waals surface area contributed by atoms with Crippen molar-refractivity contribution in [3.05, 3.63) is 34.9 Å². The van der Waals surface area contributed by atoms with Crippen molar-refractivity contribution in [2.24, 2.45) is 0 Å². The molecule has 1 fully saturated rings. The maximum Gasteiger partial charge on any atom is 0.416 e. The molecule has 1 aromatic carbocycles. The molecule has 1 heterocycles. The molecular formula is C14H16F3NS. The summed E-state index contributed by atoms with van der Waals surface area (Å²) < 4.78 is 39.2. The standard InChI is InChI=1S/C14H16F3NS/c1-2-4-10-5-6-11(9-12(10)14(15,16)17)13(19)18-7-3-8-18/h5-6,9H,2-4,7-8H2,1H3. The predicted octanol–water partition coefficient (Wildman–Crippen LogP) is 4.04. The van der Waals surface area contributed by atoms with E-state index in [2.05, 4.69) is 0 Å². The van der Waals surface area contributed by atoms with Crippen LogP contribution < -0.4 is 0 Å². The number of benzene rings is 1. The SMILES string of the molecule is CCCc1ccc(C(=S)N2CCC2)cc1C(F)(F)F. The molecule has 0 unspecified atom stereocenters. The lowest BCUT2D eigenvalue weighted by Crippen LogP contribution is -2.41. The van der Waals surface area contributed by atoms with Gasteiger partial charge in [-0.3, -0.25) is 0 Å². The minimum atomic E-state index is -4.31. The van der Waals surface area contributed by atoms with Crippen molar-refractivity contribution in [2.75, 3.05) is 13.1 Å². The number of nitrogens with zero attached hydrogens (tertiary/aromatic N) is 1. The second-order valence-electron chi connectivity index (χ2n) is 4.77. The minimum absolute atomic E-state index is 0.352. The van der Waals surface area contributed by atoms with Crippen molar-refractivity contribution in [3.63, 3.8) is 0 Å². The number of hydrogen-bond acceptors (Lipinski definition) is 1. The molecule has 0 saturated carbocycles. The lowest BCUT2D eigenvalue weighted by atomic mass is 9.99. The van der Waals surface area contributed by atoms with Gasteiger partial charge in [-0.1, -0.05) is 37.7 Å². The van der Waals surface area contributed by atoms with Gasteiger partial charge in [-0.05, 0) is 24.5 Å². The summed E-state index contributed by atoms with van der Waals surface area (Å²) in [6.45, 7) is 3.56. The van der Waals surface area contributed by atoms with E-state index >= 15 is 0 Å². The molecule has 0 spiro atoms. The average molecular weight is 287 g/mol. The molecule has 1 saturated heterocycles. The van der Waals surface area contributed by atoms with Gasteiger partial charge in [0.15, 0.2) is 0 Å². The van der Waals surface area contributed by atoms with E-state index < -0.39 is 11.7 Å². The molecule has 1 nitrogen and oxygen atoms in total. The van der Waals surface area contributed by atoms with Gasteiger partial charge in [0.05, 0.1) is 5.56 Å². The Balaban J connectivity index is 2.34. The number of likely N-dealkylation sites (tertiary alicyclic amines) is 1. The van der Waals surface area contributed by atoms with E-state index in [1.165, 1.54) is 6.07 Å². The van der Waals surface area contributed by atoms with E-state index in [1.807, 2.05) is 11.8 Å². The molecule has 19 heavy (non-hydrogen) atoms.